The minimum atomic E-state index is -0.355. The Balaban J connectivity index is 1.37. The fourth-order valence-electron chi connectivity index (χ4n) is 2.45. The molecule has 0 saturated heterocycles. The highest BCUT2D eigenvalue weighted by Gasteiger charge is 2.13. The first-order valence-electron chi connectivity index (χ1n) is 7.85. The molecular weight excluding hydrogens is 352 g/mol. The summed E-state index contributed by atoms with van der Waals surface area (Å²) in [6.07, 6.45) is 1.43. The fraction of sp³-hybridized carbons (Fsp3) is 0.0556. The molecule has 0 unspecified atom stereocenters. The molecule has 0 spiro atoms. The Labute approximate surface area is 152 Å². The number of H-pyrrole nitrogens is 1. The van der Waals surface area contributed by atoms with Crippen LogP contribution in [0, 0.1) is 0 Å². The number of para-hydroxylation sites is 2. The van der Waals surface area contributed by atoms with Crippen LogP contribution in [0.15, 0.2) is 59.2 Å². The van der Waals surface area contributed by atoms with Crippen LogP contribution in [0.25, 0.3) is 11.0 Å². The van der Waals surface area contributed by atoms with Gasteiger partial charge in [-0.05, 0) is 36.4 Å². The quantitative estimate of drug-likeness (QED) is 0.504. The molecule has 3 heterocycles. The van der Waals surface area contributed by atoms with Crippen molar-refractivity contribution < 1.29 is 14.0 Å². The first-order valence-corrected chi connectivity index (χ1v) is 8.67. The second-order valence-electron chi connectivity index (χ2n) is 5.48. The van der Waals surface area contributed by atoms with Crippen molar-refractivity contribution in [2.24, 2.45) is 0 Å². The Morgan fingerprint density at radius 1 is 1.08 bits per heavy atom. The van der Waals surface area contributed by atoms with E-state index in [0.717, 1.165) is 11.0 Å². The molecular formula is C18H14N4O3S. The number of amides is 2. The third-order valence-electron chi connectivity index (χ3n) is 3.67. The third-order valence-corrected chi connectivity index (χ3v) is 4.67. The topological polar surface area (TPSA) is 100 Å². The zero-order chi connectivity index (χ0) is 17.9. The van der Waals surface area contributed by atoms with Gasteiger partial charge in [0.25, 0.3) is 11.8 Å². The van der Waals surface area contributed by atoms with E-state index in [1.54, 1.807) is 24.3 Å². The summed E-state index contributed by atoms with van der Waals surface area (Å²) >= 11 is 1.19. The Morgan fingerprint density at radius 3 is 2.77 bits per heavy atom. The van der Waals surface area contributed by atoms with E-state index in [2.05, 4.69) is 20.6 Å². The van der Waals surface area contributed by atoms with Gasteiger partial charge in [-0.3, -0.25) is 9.59 Å². The SMILES string of the molecule is O=C(Nc1ccc(C(=O)NCc2nc3ccccc3[nH]2)s1)c1ccco1. The monoisotopic (exact) mass is 366 g/mol. The maximum absolute atomic E-state index is 12.3. The molecule has 8 heteroatoms. The van der Waals surface area contributed by atoms with Gasteiger partial charge in [-0.15, -0.1) is 11.3 Å². The van der Waals surface area contributed by atoms with Crippen molar-refractivity contribution in [3.05, 3.63) is 71.3 Å². The highest BCUT2D eigenvalue weighted by Crippen LogP contribution is 2.22. The molecule has 1 aromatic carbocycles. The average Bonchev–Trinajstić information content (AvgIpc) is 3.38. The van der Waals surface area contributed by atoms with Crippen molar-refractivity contribution in [1.82, 2.24) is 15.3 Å². The second-order valence-corrected chi connectivity index (χ2v) is 6.56. The first-order chi connectivity index (χ1) is 12.7. The molecule has 0 aliphatic carbocycles. The van der Waals surface area contributed by atoms with Gasteiger partial charge in [-0.25, -0.2) is 4.98 Å². The van der Waals surface area contributed by atoms with Crippen LogP contribution in [0.4, 0.5) is 5.00 Å². The molecule has 3 N–H and O–H groups in total. The van der Waals surface area contributed by atoms with Gasteiger partial charge in [0.15, 0.2) is 5.76 Å². The van der Waals surface area contributed by atoms with Crippen molar-refractivity contribution in [2.75, 3.05) is 5.32 Å². The van der Waals surface area contributed by atoms with E-state index in [1.165, 1.54) is 17.6 Å². The number of hydrogen-bond donors (Lipinski definition) is 3. The van der Waals surface area contributed by atoms with Gasteiger partial charge in [0.1, 0.15) is 5.82 Å². The minimum Gasteiger partial charge on any atom is -0.459 e. The molecule has 130 valence electrons. The summed E-state index contributed by atoms with van der Waals surface area (Å²) in [5.74, 6) is 0.316. The minimum absolute atomic E-state index is 0.217. The number of aromatic amines is 1. The Morgan fingerprint density at radius 2 is 1.96 bits per heavy atom. The first kappa shape index (κ1) is 16.1. The number of nitrogens with zero attached hydrogens (tertiary/aromatic N) is 1. The molecule has 0 fully saturated rings. The lowest BCUT2D eigenvalue weighted by Crippen LogP contribution is -2.22. The summed E-state index contributed by atoms with van der Waals surface area (Å²) in [6, 6.07) is 14.2. The molecule has 0 aliphatic heterocycles. The maximum Gasteiger partial charge on any atom is 0.291 e. The number of rotatable bonds is 5. The third kappa shape index (κ3) is 3.35. The van der Waals surface area contributed by atoms with E-state index in [1.807, 2.05) is 24.3 Å². The molecule has 0 aliphatic rings. The number of hydrogen-bond acceptors (Lipinski definition) is 5. The van der Waals surface area contributed by atoms with Crippen molar-refractivity contribution in [3.63, 3.8) is 0 Å². The molecule has 2 amide bonds. The predicted molar refractivity (Wildman–Crippen MR) is 98.2 cm³/mol. The van der Waals surface area contributed by atoms with E-state index in [9.17, 15) is 9.59 Å². The number of carbonyl (C=O) groups excluding carboxylic acids is 2. The highest BCUT2D eigenvalue weighted by atomic mass is 32.1. The van der Waals surface area contributed by atoms with Crippen LogP contribution in [-0.4, -0.2) is 21.8 Å². The number of aromatic nitrogens is 2. The molecule has 0 saturated carbocycles. The van der Waals surface area contributed by atoms with Gasteiger partial charge < -0.3 is 20.0 Å². The van der Waals surface area contributed by atoms with Gasteiger partial charge in [-0.1, -0.05) is 12.1 Å². The van der Waals surface area contributed by atoms with Crippen LogP contribution in [0.5, 0.6) is 0 Å². The smallest absolute Gasteiger partial charge is 0.291 e. The lowest BCUT2D eigenvalue weighted by Gasteiger charge is -2.01. The molecule has 0 radical (unpaired) electrons. The summed E-state index contributed by atoms with van der Waals surface area (Å²) in [4.78, 5) is 32.3. The zero-order valence-corrected chi connectivity index (χ0v) is 14.3. The molecule has 0 bridgehead atoms. The normalized spacial score (nSPS) is 10.8. The van der Waals surface area contributed by atoms with Crippen molar-refractivity contribution in [1.29, 1.82) is 0 Å². The lowest BCUT2D eigenvalue weighted by atomic mass is 10.3. The van der Waals surface area contributed by atoms with E-state index in [-0.39, 0.29) is 17.6 Å². The van der Waals surface area contributed by atoms with Crippen LogP contribution in [0.2, 0.25) is 0 Å². The zero-order valence-electron chi connectivity index (χ0n) is 13.5. The number of thiophene rings is 1. The van der Waals surface area contributed by atoms with Gasteiger partial charge in [0.2, 0.25) is 0 Å². The summed E-state index contributed by atoms with van der Waals surface area (Å²) in [5, 5.41) is 6.09. The van der Waals surface area contributed by atoms with Gasteiger partial charge in [-0.2, -0.15) is 0 Å². The van der Waals surface area contributed by atoms with Gasteiger partial charge in [0.05, 0.1) is 33.7 Å². The summed E-state index contributed by atoms with van der Waals surface area (Å²) in [7, 11) is 0. The van der Waals surface area contributed by atoms with Crippen LogP contribution < -0.4 is 10.6 Å². The molecule has 0 atom stereocenters. The van der Waals surface area contributed by atoms with Crippen molar-refractivity contribution in [3.8, 4) is 0 Å². The van der Waals surface area contributed by atoms with E-state index < -0.39 is 0 Å². The number of furan rings is 1. The number of imidazole rings is 1. The summed E-state index contributed by atoms with van der Waals surface area (Å²) in [5.41, 5.74) is 1.78. The number of fused-ring (bicyclic) bond motifs is 1. The van der Waals surface area contributed by atoms with Crippen molar-refractivity contribution >= 4 is 39.2 Å². The summed E-state index contributed by atoms with van der Waals surface area (Å²) < 4.78 is 5.04. The second kappa shape index (κ2) is 6.85. The standard InChI is InChI=1S/C18H14N4O3S/c23-17(13-6-3-9-25-13)22-16-8-7-14(26-16)18(24)19-10-15-20-11-4-1-2-5-12(11)21-15/h1-9H,10H2,(H,19,24)(H,20,21)(H,22,23). The fourth-order valence-corrected chi connectivity index (χ4v) is 3.27. The number of benzene rings is 1. The average molecular weight is 366 g/mol. The largest absolute Gasteiger partial charge is 0.459 e. The molecule has 26 heavy (non-hydrogen) atoms. The summed E-state index contributed by atoms with van der Waals surface area (Å²) in [6.45, 7) is 0.291. The van der Waals surface area contributed by atoms with E-state index >= 15 is 0 Å². The molecule has 3 aromatic heterocycles. The molecule has 7 nitrogen and oxygen atoms in total. The van der Waals surface area contributed by atoms with Crippen LogP contribution in [0.1, 0.15) is 26.1 Å². The number of nitrogens with one attached hydrogen (secondary N) is 3. The van der Waals surface area contributed by atoms with Crippen LogP contribution in [-0.2, 0) is 6.54 Å². The Bertz CT molecular complexity index is 1030. The van der Waals surface area contributed by atoms with Gasteiger partial charge in [0, 0.05) is 0 Å². The van der Waals surface area contributed by atoms with E-state index in [4.69, 9.17) is 4.42 Å². The Hall–Kier alpha value is -3.39. The lowest BCUT2D eigenvalue weighted by molar-refractivity contribution is 0.0952. The molecule has 4 rings (SSSR count). The maximum atomic E-state index is 12.3. The number of anilines is 1. The Kier molecular flexibility index (Phi) is 4.24. The van der Waals surface area contributed by atoms with Crippen LogP contribution in [0.3, 0.4) is 0 Å². The number of carbonyl (C=O) groups is 2. The van der Waals surface area contributed by atoms with Crippen LogP contribution >= 0.6 is 11.3 Å². The molecule has 4 aromatic rings. The van der Waals surface area contributed by atoms with Gasteiger partial charge >= 0.3 is 0 Å². The highest BCUT2D eigenvalue weighted by molar-refractivity contribution is 7.18. The predicted octanol–water partition coefficient (Wildman–Crippen LogP) is 3.40. The van der Waals surface area contributed by atoms with Crippen molar-refractivity contribution in [2.45, 2.75) is 6.54 Å². The van der Waals surface area contributed by atoms with E-state index in [0.29, 0.717) is 22.2 Å².